The molecule has 0 unspecified atom stereocenters. The van der Waals surface area contributed by atoms with Crippen LogP contribution in [0.3, 0.4) is 0 Å². The molecule has 0 atom stereocenters. The second kappa shape index (κ2) is 8.79. The van der Waals surface area contributed by atoms with Crippen LogP contribution in [0, 0.1) is 25.2 Å². The van der Waals surface area contributed by atoms with Gasteiger partial charge in [0.2, 0.25) is 0 Å². The first kappa shape index (κ1) is 21.3. The van der Waals surface area contributed by atoms with E-state index in [4.69, 9.17) is 4.74 Å². The molecule has 0 bridgehead atoms. The van der Waals surface area contributed by atoms with Crippen molar-refractivity contribution in [3.8, 4) is 6.07 Å². The number of nitrogens with one attached hydrogen (secondary N) is 1. The molecule has 28 heavy (non-hydrogen) atoms. The van der Waals surface area contributed by atoms with Crippen molar-refractivity contribution < 1.29 is 14.3 Å². The summed E-state index contributed by atoms with van der Waals surface area (Å²) < 4.78 is 5.38. The Kier molecular flexibility index (Phi) is 6.68. The highest BCUT2D eigenvalue weighted by molar-refractivity contribution is 6.06. The molecule has 2 rings (SSSR count). The summed E-state index contributed by atoms with van der Waals surface area (Å²) in [6, 6.07) is 7.68. The van der Waals surface area contributed by atoms with Crippen molar-refractivity contribution in [2.24, 2.45) is 0 Å². The fraction of sp³-hybridized carbons (Fsp3) is 0.476. The van der Waals surface area contributed by atoms with Crippen molar-refractivity contribution in [1.29, 1.82) is 5.26 Å². The molecule has 1 aromatic carbocycles. The number of anilines is 1. The molecular weight excluding hydrogens is 356 g/mol. The maximum absolute atomic E-state index is 12.5. The van der Waals surface area contributed by atoms with E-state index in [-0.39, 0.29) is 11.7 Å². The number of carbonyl (C=O) groups excluding carboxylic acids is 2. The van der Waals surface area contributed by atoms with E-state index in [1.807, 2.05) is 63.8 Å². The molecule has 7 nitrogen and oxygen atoms in total. The molecule has 1 heterocycles. The Balaban J connectivity index is 1.97. The van der Waals surface area contributed by atoms with E-state index in [1.54, 1.807) is 11.1 Å². The second-order valence-electron chi connectivity index (χ2n) is 7.93. The minimum absolute atomic E-state index is 0.0330. The second-order valence-corrected chi connectivity index (χ2v) is 7.93. The van der Waals surface area contributed by atoms with Gasteiger partial charge in [0, 0.05) is 38.1 Å². The summed E-state index contributed by atoms with van der Waals surface area (Å²) in [6.07, 6.45) is 1.22. The summed E-state index contributed by atoms with van der Waals surface area (Å²) in [7, 11) is 0. The number of ether oxygens (including phenoxy) is 1. The number of nitriles is 1. The van der Waals surface area contributed by atoms with Crippen molar-refractivity contribution >= 4 is 17.7 Å². The van der Waals surface area contributed by atoms with Gasteiger partial charge in [-0.1, -0.05) is 17.7 Å². The Morgan fingerprint density at radius 2 is 1.82 bits per heavy atom. The zero-order chi connectivity index (χ0) is 20.9. The zero-order valence-electron chi connectivity index (χ0n) is 17.2. The normalized spacial score (nSPS) is 15.1. The standard InChI is InChI=1S/C21H28N4O3/c1-15-6-7-18(16(2)12-15)23-19(26)17(13-22)14-24-8-10-25(11-9-24)20(27)28-21(3,4)5/h6-7,12,14H,8-11H2,1-5H3,(H,23,26)/b17-14-. The highest BCUT2D eigenvalue weighted by Gasteiger charge is 2.25. The van der Waals surface area contributed by atoms with Crippen molar-refractivity contribution in [3.05, 3.63) is 41.1 Å². The van der Waals surface area contributed by atoms with Gasteiger partial charge in [-0.3, -0.25) is 4.79 Å². The number of rotatable bonds is 3. The van der Waals surface area contributed by atoms with Gasteiger partial charge >= 0.3 is 6.09 Å². The number of amides is 2. The van der Waals surface area contributed by atoms with Gasteiger partial charge in [0.15, 0.2) is 0 Å². The van der Waals surface area contributed by atoms with E-state index >= 15 is 0 Å². The Bertz CT molecular complexity index is 810. The number of hydrogen-bond donors (Lipinski definition) is 1. The fourth-order valence-electron chi connectivity index (χ4n) is 2.82. The van der Waals surface area contributed by atoms with E-state index in [1.165, 1.54) is 0 Å². The fourth-order valence-corrected chi connectivity index (χ4v) is 2.82. The predicted molar refractivity (Wildman–Crippen MR) is 108 cm³/mol. The summed E-state index contributed by atoms with van der Waals surface area (Å²) in [5.74, 6) is -0.441. The lowest BCUT2D eigenvalue weighted by atomic mass is 10.1. The first-order valence-electron chi connectivity index (χ1n) is 9.31. The van der Waals surface area contributed by atoms with Crippen molar-refractivity contribution in [1.82, 2.24) is 9.80 Å². The van der Waals surface area contributed by atoms with Crippen molar-refractivity contribution in [3.63, 3.8) is 0 Å². The van der Waals surface area contributed by atoms with Crippen LogP contribution in [-0.4, -0.2) is 53.6 Å². The quantitative estimate of drug-likeness (QED) is 0.639. The van der Waals surface area contributed by atoms with Gasteiger partial charge < -0.3 is 19.9 Å². The van der Waals surface area contributed by atoms with E-state index in [2.05, 4.69) is 5.32 Å². The first-order valence-corrected chi connectivity index (χ1v) is 9.31. The predicted octanol–water partition coefficient (Wildman–Crippen LogP) is 3.20. The summed E-state index contributed by atoms with van der Waals surface area (Å²) in [4.78, 5) is 28.1. The number of piperazine rings is 1. The van der Waals surface area contributed by atoms with Crippen LogP contribution in [0.2, 0.25) is 0 Å². The maximum Gasteiger partial charge on any atom is 0.410 e. The van der Waals surface area contributed by atoms with Gasteiger partial charge in [-0.15, -0.1) is 0 Å². The van der Waals surface area contributed by atoms with Crippen LogP contribution in [0.1, 0.15) is 31.9 Å². The average Bonchev–Trinajstić information content (AvgIpc) is 2.61. The van der Waals surface area contributed by atoms with Crippen molar-refractivity contribution in [2.75, 3.05) is 31.5 Å². The molecule has 1 saturated heterocycles. The number of hydrogen-bond acceptors (Lipinski definition) is 5. The minimum Gasteiger partial charge on any atom is -0.444 e. The maximum atomic E-state index is 12.5. The van der Waals surface area contributed by atoms with E-state index in [0.29, 0.717) is 31.9 Å². The van der Waals surface area contributed by atoms with Crippen molar-refractivity contribution in [2.45, 2.75) is 40.2 Å². The molecule has 1 aliphatic rings. The molecule has 0 aliphatic carbocycles. The molecule has 1 N–H and O–H groups in total. The molecule has 0 spiro atoms. The Morgan fingerprint density at radius 3 is 2.36 bits per heavy atom. The molecule has 7 heteroatoms. The van der Waals surface area contributed by atoms with Gasteiger partial charge in [0.25, 0.3) is 5.91 Å². The number of carbonyl (C=O) groups is 2. The summed E-state index contributed by atoms with van der Waals surface area (Å²) in [5.41, 5.74) is 2.23. The molecule has 0 aromatic heterocycles. The molecule has 0 radical (unpaired) electrons. The van der Waals surface area contributed by atoms with Gasteiger partial charge in [0.05, 0.1) is 0 Å². The molecule has 150 valence electrons. The van der Waals surface area contributed by atoms with Gasteiger partial charge in [-0.2, -0.15) is 5.26 Å². The van der Waals surface area contributed by atoms with Gasteiger partial charge in [0.1, 0.15) is 17.2 Å². The lowest BCUT2D eigenvalue weighted by Gasteiger charge is -2.35. The van der Waals surface area contributed by atoms with Crippen LogP contribution < -0.4 is 5.32 Å². The SMILES string of the molecule is Cc1ccc(NC(=O)/C(C#N)=C\N2CCN(C(=O)OC(C)(C)C)CC2)c(C)c1. The molecule has 0 saturated carbocycles. The van der Waals surface area contributed by atoms with Crippen LogP contribution in [-0.2, 0) is 9.53 Å². The third kappa shape index (κ3) is 6.02. The molecule has 1 aliphatic heterocycles. The van der Waals surface area contributed by atoms with Crippen LogP contribution >= 0.6 is 0 Å². The highest BCUT2D eigenvalue weighted by Crippen LogP contribution is 2.17. The Morgan fingerprint density at radius 1 is 1.18 bits per heavy atom. The average molecular weight is 384 g/mol. The van der Waals surface area contributed by atoms with E-state index in [9.17, 15) is 14.9 Å². The third-order valence-corrected chi connectivity index (χ3v) is 4.27. The first-order chi connectivity index (χ1) is 13.1. The largest absolute Gasteiger partial charge is 0.444 e. The smallest absolute Gasteiger partial charge is 0.410 e. The van der Waals surface area contributed by atoms with Gasteiger partial charge in [-0.25, -0.2) is 4.79 Å². The monoisotopic (exact) mass is 384 g/mol. The molecule has 2 amide bonds. The lowest BCUT2D eigenvalue weighted by Crippen LogP contribution is -2.48. The van der Waals surface area contributed by atoms with E-state index < -0.39 is 11.5 Å². The molecule has 1 fully saturated rings. The Hall–Kier alpha value is -3.01. The number of benzene rings is 1. The van der Waals surface area contributed by atoms with Crippen LogP contribution in [0.5, 0.6) is 0 Å². The summed E-state index contributed by atoms with van der Waals surface area (Å²) in [5, 5.41) is 12.2. The van der Waals surface area contributed by atoms with E-state index in [0.717, 1.165) is 11.1 Å². The third-order valence-electron chi connectivity index (χ3n) is 4.27. The van der Waals surface area contributed by atoms with Crippen LogP contribution in [0.4, 0.5) is 10.5 Å². The van der Waals surface area contributed by atoms with Gasteiger partial charge in [-0.05, 0) is 46.2 Å². The summed E-state index contributed by atoms with van der Waals surface area (Å²) in [6.45, 7) is 11.4. The highest BCUT2D eigenvalue weighted by atomic mass is 16.6. The minimum atomic E-state index is -0.533. The molecule has 1 aromatic rings. The Labute approximate surface area is 166 Å². The zero-order valence-corrected chi connectivity index (χ0v) is 17.2. The van der Waals surface area contributed by atoms with Crippen LogP contribution in [0.15, 0.2) is 30.0 Å². The topological polar surface area (TPSA) is 85.7 Å². The lowest BCUT2D eigenvalue weighted by molar-refractivity contribution is -0.112. The summed E-state index contributed by atoms with van der Waals surface area (Å²) >= 11 is 0. The number of aryl methyl sites for hydroxylation is 2. The van der Waals surface area contributed by atoms with Crippen LogP contribution in [0.25, 0.3) is 0 Å². The number of nitrogens with zero attached hydrogens (tertiary/aromatic N) is 3. The molecular formula is C21H28N4O3.